The van der Waals surface area contributed by atoms with E-state index in [2.05, 4.69) is 0 Å². The molecular formula is C16H15NO2. The van der Waals surface area contributed by atoms with Gasteiger partial charge in [0.05, 0.1) is 6.42 Å². The van der Waals surface area contributed by atoms with Crippen molar-refractivity contribution in [2.24, 2.45) is 5.73 Å². The Morgan fingerprint density at radius 3 is 1.84 bits per heavy atom. The number of carbonyl (C=O) groups excluding carboxylic acids is 2. The molecular weight excluding hydrogens is 238 g/mol. The molecule has 3 heteroatoms. The maximum atomic E-state index is 12.0. The van der Waals surface area contributed by atoms with Crippen LogP contribution in [0.5, 0.6) is 0 Å². The number of nitrogens with two attached hydrogens (primary N) is 1. The largest absolute Gasteiger partial charge is 0.326 e. The lowest BCUT2D eigenvalue weighted by Crippen LogP contribution is -2.08. The summed E-state index contributed by atoms with van der Waals surface area (Å²) in [5, 5.41) is 0. The Morgan fingerprint density at radius 2 is 1.32 bits per heavy atom. The van der Waals surface area contributed by atoms with Crippen molar-refractivity contribution in [3.05, 3.63) is 71.3 Å². The Bertz CT molecular complexity index is 573. The number of carbonyl (C=O) groups is 2. The summed E-state index contributed by atoms with van der Waals surface area (Å²) in [6, 6.07) is 15.9. The SMILES string of the molecule is NCc1ccc(C(=O)CC(=O)c2ccccc2)cc1. The van der Waals surface area contributed by atoms with Gasteiger partial charge < -0.3 is 5.73 Å². The molecule has 0 aliphatic heterocycles. The fourth-order valence-electron chi connectivity index (χ4n) is 1.80. The Labute approximate surface area is 112 Å². The molecule has 96 valence electrons. The average molecular weight is 253 g/mol. The number of benzene rings is 2. The first-order valence-electron chi connectivity index (χ1n) is 6.11. The van der Waals surface area contributed by atoms with Crippen LogP contribution in [0.25, 0.3) is 0 Å². The van der Waals surface area contributed by atoms with Crippen LogP contribution >= 0.6 is 0 Å². The van der Waals surface area contributed by atoms with E-state index in [0.717, 1.165) is 5.56 Å². The molecule has 0 saturated heterocycles. The monoisotopic (exact) mass is 253 g/mol. The summed E-state index contributed by atoms with van der Waals surface area (Å²) in [5.41, 5.74) is 7.56. The van der Waals surface area contributed by atoms with Gasteiger partial charge in [0.15, 0.2) is 11.6 Å². The standard InChI is InChI=1S/C16H15NO2/c17-11-12-6-8-14(9-7-12)16(19)10-15(18)13-4-2-1-3-5-13/h1-9H,10-11,17H2. The van der Waals surface area contributed by atoms with Gasteiger partial charge in [-0.15, -0.1) is 0 Å². The van der Waals surface area contributed by atoms with Gasteiger partial charge in [0, 0.05) is 17.7 Å². The molecule has 3 nitrogen and oxygen atoms in total. The average Bonchev–Trinajstić information content (AvgIpc) is 2.48. The van der Waals surface area contributed by atoms with Crippen LogP contribution in [0.3, 0.4) is 0 Å². The van der Waals surface area contributed by atoms with Crippen LogP contribution in [-0.2, 0) is 6.54 Å². The molecule has 0 aromatic heterocycles. The molecule has 19 heavy (non-hydrogen) atoms. The fraction of sp³-hybridized carbons (Fsp3) is 0.125. The Hall–Kier alpha value is -2.26. The highest BCUT2D eigenvalue weighted by molar-refractivity contribution is 6.13. The van der Waals surface area contributed by atoms with Crippen LogP contribution in [0, 0.1) is 0 Å². The minimum atomic E-state index is -0.169. The minimum absolute atomic E-state index is 0.105. The van der Waals surface area contributed by atoms with Crippen molar-refractivity contribution in [3.8, 4) is 0 Å². The van der Waals surface area contributed by atoms with Gasteiger partial charge in [0.2, 0.25) is 0 Å². The first kappa shape index (κ1) is 13.2. The molecule has 2 rings (SSSR count). The Morgan fingerprint density at radius 1 is 0.789 bits per heavy atom. The third-order valence-electron chi connectivity index (χ3n) is 2.93. The predicted octanol–water partition coefficient (Wildman–Crippen LogP) is 2.60. The third-order valence-corrected chi connectivity index (χ3v) is 2.93. The first-order valence-corrected chi connectivity index (χ1v) is 6.11. The van der Waals surface area contributed by atoms with E-state index in [9.17, 15) is 9.59 Å². The topological polar surface area (TPSA) is 60.2 Å². The number of rotatable bonds is 5. The molecule has 0 unspecified atom stereocenters. The van der Waals surface area contributed by atoms with E-state index in [0.29, 0.717) is 17.7 Å². The summed E-state index contributed by atoms with van der Waals surface area (Å²) in [6.45, 7) is 0.442. The van der Waals surface area contributed by atoms with Crippen molar-refractivity contribution in [2.45, 2.75) is 13.0 Å². The molecule has 0 aliphatic rings. The maximum Gasteiger partial charge on any atom is 0.170 e. The van der Waals surface area contributed by atoms with Crippen molar-refractivity contribution in [3.63, 3.8) is 0 Å². The zero-order valence-corrected chi connectivity index (χ0v) is 10.5. The van der Waals surface area contributed by atoms with Crippen LogP contribution in [0.15, 0.2) is 54.6 Å². The zero-order chi connectivity index (χ0) is 13.7. The molecule has 0 atom stereocenters. The molecule has 2 N–H and O–H groups in total. The minimum Gasteiger partial charge on any atom is -0.326 e. The van der Waals surface area contributed by atoms with Gasteiger partial charge in [-0.05, 0) is 5.56 Å². The summed E-state index contributed by atoms with van der Waals surface area (Å²) in [6.07, 6.45) is -0.105. The van der Waals surface area contributed by atoms with Crippen molar-refractivity contribution in [1.29, 1.82) is 0 Å². The quantitative estimate of drug-likeness (QED) is 0.658. The molecule has 0 bridgehead atoms. The second-order valence-electron chi connectivity index (χ2n) is 4.29. The number of ketones is 2. The maximum absolute atomic E-state index is 12.0. The van der Waals surface area contributed by atoms with Gasteiger partial charge in [-0.2, -0.15) is 0 Å². The van der Waals surface area contributed by atoms with Gasteiger partial charge in [-0.3, -0.25) is 9.59 Å². The Balaban J connectivity index is 2.06. The van der Waals surface area contributed by atoms with E-state index >= 15 is 0 Å². The summed E-state index contributed by atoms with van der Waals surface area (Å²) in [4.78, 5) is 23.9. The lowest BCUT2D eigenvalue weighted by Gasteiger charge is -2.02. The summed E-state index contributed by atoms with van der Waals surface area (Å²) < 4.78 is 0. The van der Waals surface area contributed by atoms with Gasteiger partial charge in [-0.25, -0.2) is 0 Å². The van der Waals surface area contributed by atoms with Crippen molar-refractivity contribution >= 4 is 11.6 Å². The molecule has 0 aliphatic carbocycles. The molecule has 0 heterocycles. The summed E-state index contributed by atoms with van der Waals surface area (Å²) >= 11 is 0. The van der Waals surface area contributed by atoms with Gasteiger partial charge in [0.25, 0.3) is 0 Å². The van der Waals surface area contributed by atoms with Crippen LogP contribution in [0.4, 0.5) is 0 Å². The summed E-state index contributed by atoms with van der Waals surface area (Å²) in [7, 11) is 0. The first-order chi connectivity index (χ1) is 9.20. The van der Waals surface area contributed by atoms with Crippen molar-refractivity contribution < 1.29 is 9.59 Å². The predicted molar refractivity (Wildman–Crippen MR) is 74.1 cm³/mol. The molecule has 0 spiro atoms. The highest BCUT2D eigenvalue weighted by Gasteiger charge is 2.13. The normalized spacial score (nSPS) is 10.2. The Kier molecular flexibility index (Phi) is 4.21. The number of Topliss-reactive ketones (excluding diaryl/α,β-unsaturated/α-hetero) is 2. The molecule has 0 fully saturated rings. The lowest BCUT2D eigenvalue weighted by molar-refractivity contribution is 0.0894. The highest BCUT2D eigenvalue weighted by Crippen LogP contribution is 2.10. The van der Waals surface area contributed by atoms with Gasteiger partial charge >= 0.3 is 0 Å². The van der Waals surface area contributed by atoms with E-state index in [4.69, 9.17) is 5.73 Å². The van der Waals surface area contributed by atoms with E-state index in [1.807, 2.05) is 6.07 Å². The highest BCUT2D eigenvalue weighted by atomic mass is 16.1. The van der Waals surface area contributed by atoms with Crippen molar-refractivity contribution in [2.75, 3.05) is 0 Å². The third kappa shape index (κ3) is 3.36. The molecule has 2 aromatic carbocycles. The van der Waals surface area contributed by atoms with E-state index in [1.54, 1.807) is 48.5 Å². The van der Waals surface area contributed by atoms with Gasteiger partial charge in [-0.1, -0.05) is 54.6 Å². The lowest BCUT2D eigenvalue weighted by atomic mass is 10.0. The number of hydrogen-bond donors (Lipinski definition) is 1. The van der Waals surface area contributed by atoms with Crippen LogP contribution < -0.4 is 5.73 Å². The van der Waals surface area contributed by atoms with Crippen LogP contribution in [0.1, 0.15) is 32.7 Å². The molecule has 0 saturated carbocycles. The van der Waals surface area contributed by atoms with Crippen molar-refractivity contribution in [1.82, 2.24) is 0 Å². The van der Waals surface area contributed by atoms with Crippen LogP contribution in [-0.4, -0.2) is 11.6 Å². The molecule has 0 radical (unpaired) electrons. The van der Waals surface area contributed by atoms with E-state index < -0.39 is 0 Å². The summed E-state index contributed by atoms with van der Waals surface area (Å²) in [5.74, 6) is -0.328. The molecule has 2 aromatic rings. The fourth-order valence-corrected chi connectivity index (χ4v) is 1.80. The second kappa shape index (κ2) is 6.07. The van der Waals surface area contributed by atoms with E-state index in [-0.39, 0.29) is 18.0 Å². The van der Waals surface area contributed by atoms with Gasteiger partial charge in [0.1, 0.15) is 0 Å². The second-order valence-corrected chi connectivity index (χ2v) is 4.29. The van der Waals surface area contributed by atoms with E-state index in [1.165, 1.54) is 0 Å². The number of hydrogen-bond acceptors (Lipinski definition) is 3. The zero-order valence-electron chi connectivity index (χ0n) is 10.5. The van der Waals surface area contributed by atoms with Crippen LogP contribution in [0.2, 0.25) is 0 Å². The molecule has 0 amide bonds. The smallest absolute Gasteiger partial charge is 0.170 e.